The SMILES string of the molecule is CCOC(CCC(OC)C1(C)COC1)C[Si](C)(OCC)OCC. The van der Waals surface area contributed by atoms with Gasteiger partial charge in [-0.2, -0.15) is 0 Å². The minimum Gasteiger partial charge on any atom is -0.395 e. The molecule has 0 bridgehead atoms. The van der Waals surface area contributed by atoms with E-state index < -0.39 is 8.56 Å². The van der Waals surface area contributed by atoms with Gasteiger partial charge in [-0.3, -0.25) is 0 Å². The summed E-state index contributed by atoms with van der Waals surface area (Å²) < 4.78 is 29.0. The molecular weight excluding hydrogens is 312 g/mol. The molecule has 5 nitrogen and oxygen atoms in total. The van der Waals surface area contributed by atoms with Gasteiger partial charge < -0.3 is 23.1 Å². The fraction of sp³-hybridized carbons (Fsp3) is 1.00. The lowest BCUT2D eigenvalue weighted by atomic mass is 9.80. The Morgan fingerprint density at radius 3 is 2.04 bits per heavy atom. The van der Waals surface area contributed by atoms with Crippen LogP contribution in [0.4, 0.5) is 0 Å². The van der Waals surface area contributed by atoms with Crippen molar-refractivity contribution >= 4 is 8.56 Å². The molecule has 0 aromatic carbocycles. The topological polar surface area (TPSA) is 46.2 Å². The fourth-order valence-corrected chi connectivity index (χ4v) is 6.05. The molecule has 138 valence electrons. The lowest BCUT2D eigenvalue weighted by Gasteiger charge is -2.44. The second-order valence-corrected chi connectivity index (χ2v) is 9.98. The Hall–Kier alpha value is 0.0169. The van der Waals surface area contributed by atoms with E-state index in [4.69, 9.17) is 23.1 Å². The first-order valence-electron chi connectivity index (χ1n) is 8.93. The second kappa shape index (κ2) is 10.1. The summed E-state index contributed by atoms with van der Waals surface area (Å²) in [6.07, 6.45) is 2.32. The van der Waals surface area contributed by atoms with Crippen molar-refractivity contribution in [3.63, 3.8) is 0 Å². The zero-order valence-corrected chi connectivity index (χ0v) is 16.9. The molecule has 1 fully saturated rings. The van der Waals surface area contributed by atoms with Gasteiger partial charge in [-0.25, -0.2) is 0 Å². The van der Waals surface area contributed by atoms with E-state index in [1.807, 2.05) is 20.8 Å². The van der Waals surface area contributed by atoms with Crippen LogP contribution in [0, 0.1) is 5.41 Å². The van der Waals surface area contributed by atoms with Crippen LogP contribution in [-0.4, -0.2) is 60.9 Å². The predicted molar refractivity (Wildman–Crippen MR) is 94.0 cm³/mol. The van der Waals surface area contributed by atoms with Crippen LogP contribution in [0.15, 0.2) is 0 Å². The van der Waals surface area contributed by atoms with Gasteiger partial charge in [0.15, 0.2) is 0 Å². The summed E-state index contributed by atoms with van der Waals surface area (Å²) in [6, 6.07) is 0.867. The Morgan fingerprint density at radius 1 is 1.04 bits per heavy atom. The minimum absolute atomic E-state index is 0.145. The van der Waals surface area contributed by atoms with Crippen molar-refractivity contribution < 1.29 is 23.1 Å². The molecule has 0 aromatic rings. The van der Waals surface area contributed by atoms with Crippen molar-refractivity contribution in [1.82, 2.24) is 0 Å². The molecule has 0 aromatic heterocycles. The lowest BCUT2D eigenvalue weighted by Crippen LogP contribution is -2.50. The minimum atomic E-state index is -2.16. The van der Waals surface area contributed by atoms with Crippen LogP contribution in [0.2, 0.25) is 12.6 Å². The van der Waals surface area contributed by atoms with Crippen LogP contribution < -0.4 is 0 Å². The molecule has 1 heterocycles. The molecular formula is C17H36O5Si. The van der Waals surface area contributed by atoms with E-state index in [1.54, 1.807) is 7.11 Å². The molecule has 6 heteroatoms. The molecule has 1 rings (SSSR count). The number of hydrogen-bond acceptors (Lipinski definition) is 5. The number of hydrogen-bond donors (Lipinski definition) is 0. The number of rotatable bonds is 13. The third-order valence-electron chi connectivity index (χ3n) is 4.58. The second-order valence-electron chi connectivity index (χ2n) is 6.73. The van der Waals surface area contributed by atoms with E-state index in [9.17, 15) is 0 Å². The van der Waals surface area contributed by atoms with E-state index in [0.717, 1.165) is 32.1 Å². The van der Waals surface area contributed by atoms with E-state index in [0.29, 0.717) is 19.8 Å². The Bertz CT molecular complexity index is 316. The molecule has 0 saturated carbocycles. The van der Waals surface area contributed by atoms with Gasteiger partial charge in [0.25, 0.3) is 0 Å². The van der Waals surface area contributed by atoms with Crippen LogP contribution in [0.25, 0.3) is 0 Å². The maximum absolute atomic E-state index is 5.98. The summed E-state index contributed by atoms with van der Waals surface area (Å²) in [7, 11) is -0.368. The Labute approximate surface area is 143 Å². The van der Waals surface area contributed by atoms with Gasteiger partial charge in [-0.15, -0.1) is 0 Å². The predicted octanol–water partition coefficient (Wildman–Crippen LogP) is 3.37. The zero-order valence-electron chi connectivity index (χ0n) is 15.9. The molecule has 1 aliphatic rings. The first-order chi connectivity index (χ1) is 10.9. The van der Waals surface area contributed by atoms with Gasteiger partial charge in [-0.1, -0.05) is 6.92 Å². The smallest absolute Gasteiger partial charge is 0.337 e. The first kappa shape index (κ1) is 21.1. The Balaban J connectivity index is 2.58. The lowest BCUT2D eigenvalue weighted by molar-refractivity contribution is -0.173. The number of methoxy groups -OCH3 is 1. The van der Waals surface area contributed by atoms with Crippen LogP contribution in [0.5, 0.6) is 0 Å². The van der Waals surface area contributed by atoms with Crippen LogP contribution >= 0.6 is 0 Å². The summed E-state index contributed by atoms with van der Waals surface area (Å²) in [6.45, 7) is 14.1. The monoisotopic (exact) mass is 348 g/mol. The van der Waals surface area contributed by atoms with Crippen molar-refractivity contribution in [2.75, 3.05) is 40.1 Å². The Morgan fingerprint density at radius 2 is 1.65 bits per heavy atom. The van der Waals surface area contributed by atoms with Crippen molar-refractivity contribution in [2.45, 2.75) is 65.3 Å². The Kier molecular flexibility index (Phi) is 9.26. The summed E-state index contributed by atoms with van der Waals surface area (Å²) in [5.41, 5.74) is 0.145. The van der Waals surface area contributed by atoms with Crippen molar-refractivity contribution in [1.29, 1.82) is 0 Å². The van der Waals surface area contributed by atoms with Crippen molar-refractivity contribution in [2.24, 2.45) is 5.41 Å². The quantitative estimate of drug-likeness (QED) is 0.478. The normalized spacial score (nSPS) is 20.1. The third-order valence-corrected chi connectivity index (χ3v) is 7.57. The van der Waals surface area contributed by atoms with Crippen LogP contribution in [-0.2, 0) is 23.1 Å². The van der Waals surface area contributed by atoms with E-state index in [1.165, 1.54) is 0 Å². The maximum Gasteiger partial charge on any atom is 0.337 e. The first-order valence-corrected chi connectivity index (χ1v) is 11.5. The van der Waals surface area contributed by atoms with E-state index in [2.05, 4.69) is 13.5 Å². The van der Waals surface area contributed by atoms with Crippen LogP contribution in [0.3, 0.4) is 0 Å². The highest BCUT2D eigenvalue weighted by atomic mass is 28.4. The van der Waals surface area contributed by atoms with Gasteiger partial charge in [0, 0.05) is 38.4 Å². The van der Waals surface area contributed by atoms with Gasteiger partial charge in [0.05, 0.1) is 25.4 Å². The van der Waals surface area contributed by atoms with Gasteiger partial charge >= 0.3 is 8.56 Å². The summed E-state index contributed by atoms with van der Waals surface area (Å²) >= 11 is 0. The highest BCUT2D eigenvalue weighted by Crippen LogP contribution is 2.35. The average molecular weight is 349 g/mol. The molecule has 1 aliphatic heterocycles. The molecule has 0 radical (unpaired) electrons. The van der Waals surface area contributed by atoms with E-state index >= 15 is 0 Å². The maximum atomic E-state index is 5.98. The standard InChI is InChI=1S/C17H36O5Si/c1-7-20-15(12-23(6,21-8-2)22-9-3)10-11-16(18-5)17(4)13-19-14-17/h15-16H,7-14H2,1-6H3. The van der Waals surface area contributed by atoms with Crippen LogP contribution in [0.1, 0.15) is 40.5 Å². The molecule has 0 aliphatic carbocycles. The van der Waals surface area contributed by atoms with Crippen molar-refractivity contribution in [3.8, 4) is 0 Å². The molecule has 0 amide bonds. The van der Waals surface area contributed by atoms with E-state index in [-0.39, 0.29) is 17.6 Å². The summed E-state index contributed by atoms with van der Waals surface area (Å²) in [4.78, 5) is 0. The molecule has 1 saturated heterocycles. The highest BCUT2D eigenvalue weighted by Gasteiger charge is 2.42. The largest absolute Gasteiger partial charge is 0.395 e. The number of ether oxygens (including phenoxy) is 3. The third kappa shape index (κ3) is 6.44. The molecule has 2 unspecified atom stereocenters. The van der Waals surface area contributed by atoms with Gasteiger partial charge in [0.2, 0.25) is 0 Å². The van der Waals surface area contributed by atoms with Crippen molar-refractivity contribution in [3.05, 3.63) is 0 Å². The summed E-state index contributed by atoms with van der Waals surface area (Å²) in [5, 5.41) is 0. The fourth-order valence-electron chi connectivity index (χ4n) is 3.36. The van der Waals surface area contributed by atoms with Gasteiger partial charge in [-0.05, 0) is 40.2 Å². The molecule has 2 atom stereocenters. The summed E-state index contributed by atoms with van der Waals surface area (Å²) in [5.74, 6) is 0. The molecule has 0 N–H and O–H groups in total. The molecule has 23 heavy (non-hydrogen) atoms. The van der Waals surface area contributed by atoms with Gasteiger partial charge in [0.1, 0.15) is 0 Å². The average Bonchev–Trinajstić information content (AvgIpc) is 2.46. The zero-order chi connectivity index (χ0) is 17.3. The molecule has 0 spiro atoms. The highest BCUT2D eigenvalue weighted by molar-refractivity contribution is 6.66.